The van der Waals surface area contributed by atoms with Gasteiger partial charge in [-0.15, -0.1) is 0 Å². The molecule has 3 aliphatic heterocycles. The van der Waals surface area contributed by atoms with Gasteiger partial charge in [0.1, 0.15) is 44.0 Å². The molecule has 0 bridgehead atoms. The van der Waals surface area contributed by atoms with Gasteiger partial charge in [0.25, 0.3) is 0 Å². The fraction of sp³-hybridized carbons (Fsp3) is 0.400. The molecule has 0 amide bonds. The van der Waals surface area contributed by atoms with E-state index in [1.165, 1.54) is 12.0 Å². The van der Waals surface area contributed by atoms with E-state index in [2.05, 4.69) is 63.1 Å². The van der Waals surface area contributed by atoms with Crippen molar-refractivity contribution in [3.8, 4) is 5.75 Å². The fourth-order valence-corrected chi connectivity index (χ4v) is 6.93. The molecule has 1 N–H and O–H groups in total. The Bertz CT molecular complexity index is 1720. The van der Waals surface area contributed by atoms with Crippen LogP contribution in [0, 0.1) is 0 Å². The summed E-state index contributed by atoms with van der Waals surface area (Å²) < 4.78 is 20.5. The first kappa shape index (κ1) is 33.4. The van der Waals surface area contributed by atoms with Gasteiger partial charge in [-0.1, -0.05) is 36.2 Å². The van der Waals surface area contributed by atoms with E-state index >= 15 is 0 Å². The number of anilines is 3. The number of aliphatic hydroxyl groups excluding tert-OH is 1. The molecule has 0 saturated carbocycles. The molecule has 4 atom stereocenters. The van der Waals surface area contributed by atoms with E-state index in [0.29, 0.717) is 28.8 Å². The molecule has 12 nitrogen and oxygen atoms in total. The molecule has 7 rings (SSSR count). The number of hydrogen-bond donors (Lipinski definition) is 1. The normalized spacial score (nSPS) is 23.0. The zero-order valence-electron chi connectivity index (χ0n) is 27.5. The Morgan fingerprint density at radius 3 is 2.27 bits per heavy atom. The predicted octanol–water partition coefficient (Wildman–Crippen LogP) is 5.40. The Balaban J connectivity index is 0.910. The van der Waals surface area contributed by atoms with E-state index in [9.17, 15) is 5.11 Å². The highest BCUT2D eigenvalue weighted by Gasteiger charge is 2.45. The summed E-state index contributed by atoms with van der Waals surface area (Å²) in [4.78, 5) is 10.6. The van der Waals surface area contributed by atoms with Crippen molar-refractivity contribution in [1.29, 1.82) is 0 Å². The van der Waals surface area contributed by atoms with Crippen LogP contribution >= 0.6 is 23.2 Å². The third-order valence-electron chi connectivity index (χ3n) is 9.31. The molecule has 14 heteroatoms. The van der Waals surface area contributed by atoms with Crippen molar-refractivity contribution in [2.45, 2.75) is 51.1 Å². The number of nitrogens with zero attached hydrogens (tertiary/aromatic N) is 8. The highest BCUT2D eigenvalue weighted by molar-refractivity contribution is 6.35. The first-order valence-electron chi connectivity index (χ1n) is 16.5. The summed E-state index contributed by atoms with van der Waals surface area (Å²) in [5, 5.41) is 22.1. The van der Waals surface area contributed by atoms with E-state index < -0.39 is 12.1 Å². The van der Waals surface area contributed by atoms with Crippen molar-refractivity contribution >= 4 is 46.6 Å². The highest BCUT2D eigenvalue weighted by Crippen LogP contribution is 2.40. The smallest absolute Gasteiger partial charge is 0.228 e. The Morgan fingerprint density at radius 2 is 1.63 bits per heavy atom. The van der Waals surface area contributed by atoms with Gasteiger partial charge in [0.15, 0.2) is 0 Å². The molecule has 3 aromatic carbocycles. The topological polar surface area (TPSA) is 104 Å². The second kappa shape index (κ2) is 14.4. The SMILES string of the molecule is CC[C@H](C)N1N=CN(c2ccc(N3CCN(c4ccc(OC[C@@H]5CO[C@](Cn6cncn6)(c6ccc(Cl)cc6Cl)O5)cc4)CC3)cc2)[C@H]1O. The number of benzene rings is 3. The Kier molecular flexibility index (Phi) is 9.84. The fourth-order valence-electron chi connectivity index (χ4n) is 6.37. The third-order valence-corrected chi connectivity index (χ3v) is 9.85. The van der Waals surface area contributed by atoms with Gasteiger partial charge in [-0.2, -0.15) is 10.2 Å². The number of rotatable bonds is 11. The van der Waals surface area contributed by atoms with Crippen LogP contribution in [0.2, 0.25) is 10.0 Å². The lowest BCUT2D eigenvalue weighted by atomic mass is 10.1. The minimum atomic E-state index is -1.16. The molecule has 49 heavy (non-hydrogen) atoms. The first-order valence-corrected chi connectivity index (χ1v) is 17.3. The highest BCUT2D eigenvalue weighted by atomic mass is 35.5. The van der Waals surface area contributed by atoms with Gasteiger partial charge in [0, 0.05) is 59.9 Å². The number of ether oxygens (including phenoxy) is 3. The molecule has 4 aromatic rings. The van der Waals surface area contributed by atoms with E-state index in [1.54, 1.807) is 39.4 Å². The standard InChI is InChI=1S/C35H40Cl2N8O4/c1-3-25(2)45-34(46)44(24-40-45)29-7-5-27(6-8-29)41-14-16-42(17-15-41)28-9-11-30(12-10-28)47-19-31-20-48-35(49-31,21-43-23-38-22-39-43)32-13-4-26(36)18-33(32)37/h4-13,18,22-25,31,34,46H,3,14-17,19-21H2,1-2H3/t25-,31+,34+,35-/m0/s1. The molecular formula is C35H40Cl2N8O4. The minimum Gasteiger partial charge on any atom is -0.491 e. The number of aliphatic hydroxyl groups is 1. The van der Waals surface area contributed by atoms with Crippen molar-refractivity contribution in [2.24, 2.45) is 5.10 Å². The average Bonchev–Trinajstić information content (AvgIpc) is 3.88. The molecule has 4 heterocycles. The van der Waals surface area contributed by atoms with E-state index in [-0.39, 0.29) is 18.7 Å². The van der Waals surface area contributed by atoms with Crippen LogP contribution in [-0.4, -0.2) is 89.1 Å². The maximum Gasteiger partial charge on any atom is 0.228 e. The van der Waals surface area contributed by atoms with Crippen molar-refractivity contribution < 1.29 is 19.3 Å². The summed E-state index contributed by atoms with van der Waals surface area (Å²) in [6, 6.07) is 21.9. The third kappa shape index (κ3) is 7.15. The van der Waals surface area contributed by atoms with Gasteiger partial charge in [-0.25, -0.2) is 14.7 Å². The molecule has 0 spiro atoms. The van der Waals surface area contributed by atoms with Crippen LogP contribution < -0.4 is 19.4 Å². The number of hydrogen-bond acceptors (Lipinski definition) is 11. The van der Waals surface area contributed by atoms with Gasteiger partial charge < -0.3 is 29.1 Å². The minimum absolute atomic E-state index is 0.164. The second-order valence-corrected chi connectivity index (χ2v) is 13.3. The van der Waals surface area contributed by atoms with Crippen LogP contribution in [-0.2, 0) is 21.8 Å². The van der Waals surface area contributed by atoms with E-state index in [0.717, 1.165) is 49.7 Å². The van der Waals surface area contributed by atoms with Crippen molar-refractivity contribution in [3.05, 3.63) is 95.0 Å². The first-order chi connectivity index (χ1) is 23.8. The average molecular weight is 708 g/mol. The Morgan fingerprint density at radius 1 is 0.959 bits per heavy atom. The van der Waals surface area contributed by atoms with Crippen molar-refractivity contribution in [3.63, 3.8) is 0 Å². The Hall–Kier alpha value is -4.07. The monoisotopic (exact) mass is 706 g/mol. The summed E-state index contributed by atoms with van der Waals surface area (Å²) in [5.74, 6) is -0.401. The molecule has 258 valence electrons. The lowest BCUT2D eigenvalue weighted by molar-refractivity contribution is -0.190. The van der Waals surface area contributed by atoms with Crippen LogP contribution in [0.1, 0.15) is 25.8 Å². The van der Waals surface area contributed by atoms with Gasteiger partial charge in [0.05, 0.1) is 11.6 Å². The molecule has 2 saturated heterocycles. The maximum absolute atomic E-state index is 10.7. The van der Waals surface area contributed by atoms with Gasteiger partial charge in [-0.3, -0.25) is 4.90 Å². The largest absolute Gasteiger partial charge is 0.491 e. The summed E-state index contributed by atoms with van der Waals surface area (Å²) in [6.07, 6.45) is 4.57. The van der Waals surface area contributed by atoms with Crippen LogP contribution in [0.15, 0.2) is 84.5 Å². The van der Waals surface area contributed by atoms with Crippen LogP contribution in [0.25, 0.3) is 0 Å². The Labute approximate surface area is 296 Å². The van der Waals surface area contributed by atoms with Crippen LogP contribution in [0.4, 0.5) is 17.1 Å². The molecule has 0 aliphatic carbocycles. The summed E-state index contributed by atoms with van der Waals surface area (Å²) in [6.45, 7) is 8.66. The quantitative estimate of drug-likeness (QED) is 0.218. The van der Waals surface area contributed by atoms with E-state index in [1.807, 2.05) is 30.3 Å². The molecule has 0 radical (unpaired) electrons. The lowest BCUT2D eigenvalue weighted by Crippen LogP contribution is -2.46. The van der Waals surface area contributed by atoms with Crippen LogP contribution in [0.3, 0.4) is 0 Å². The molecular weight excluding hydrogens is 667 g/mol. The summed E-state index contributed by atoms with van der Waals surface area (Å²) >= 11 is 12.7. The van der Waals surface area contributed by atoms with Crippen molar-refractivity contribution in [2.75, 3.05) is 54.1 Å². The predicted molar refractivity (Wildman–Crippen MR) is 190 cm³/mol. The zero-order valence-corrected chi connectivity index (χ0v) is 29.0. The molecule has 0 unspecified atom stereocenters. The van der Waals surface area contributed by atoms with Gasteiger partial charge >= 0.3 is 0 Å². The van der Waals surface area contributed by atoms with Crippen molar-refractivity contribution in [1.82, 2.24) is 19.8 Å². The number of aromatic nitrogens is 3. The number of piperazine rings is 1. The maximum atomic E-state index is 10.7. The van der Waals surface area contributed by atoms with E-state index in [4.69, 9.17) is 37.4 Å². The summed E-state index contributed by atoms with van der Waals surface area (Å²) in [5.41, 5.74) is 3.90. The lowest BCUT2D eigenvalue weighted by Gasteiger charge is -2.37. The van der Waals surface area contributed by atoms with Gasteiger partial charge in [0.2, 0.25) is 12.1 Å². The van der Waals surface area contributed by atoms with Gasteiger partial charge in [-0.05, 0) is 74.0 Å². The van der Waals surface area contributed by atoms with Crippen LogP contribution in [0.5, 0.6) is 5.75 Å². The molecule has 2 fully saturated rings. The molecule has 3 aliphatic rings. The number of halogens is 2. The number of hydrazone groups is 1. The second-order valence-electron chi connectivity index (χ2n) is 12.4. The zero-order chi connectivity index (χ0) is 34.0. The molecule has 1 aromatic heterocycles. The summed E-state index contributed by atoms with van der Waals surface area (Å²) in [7, 11) is 0.